The number of benzene rings is 5. The Balaban J connectivity index is 1.10. The second kappa shape index (κ2) is 9.72. The van der Waals surface area contributed by atoms with Gasteiger partial charge in [-0.2, -0.15) is 0 Å². The molecule has 0 N–H and O–H groups in total. The van der Waals surface area contributed by atoms with Crippen LogP contribution in [0.3, 0.4) is 0 Å². The molecule has 1 aliphatic heterocycles. The molecule has 2 bridgehead atoms. The van der Waals surface area contributed by atoms with E-state index in [4.69, 9.17) is 4.74 Å². The van der Waals surface area contributed by atoms with E-state index in [0.717, 1.165) is 23.3 Å². The van der Waals surface area contributed by atoms with Crippen LogP contribution in [-0.2, 0) is 16.2 Å². The van der Waals surface area contributed by atoms with E-state index in [-0.39, 0.29) is 16.2 Å². The molecule has 4 fully saturated rings. The van der Waals surface area contributed by atoms with Crippen LogP contribution in [-0.4, -0.2) is 0 Å². The first-order valence-electron chi connectivity index (χ1n) is 19.2. The minimum Gasteiger partial charge on any atom is -0.457 e. The highest BCUT2D eigenvalue weighted by molar-refractivity contribution is 5.80. The number of hydrogen-bond donors (Lipinski definition) is 0. The van der Waals surface area contributed by atoms with Crippen LogP contribution in [0.5, 0.6) is 11.5 Å². The Morgan fingerprint density at radius 3 is 1.96 bits per heavy atom. The monoisotopic (exact) mass is 653 g/mol. The maximum atomic E-state index is 7.01. The predicted octanol–water partition coefficient (Wildman–Crippen LogP) is 12.6. The van der Waals surface area contributed by atoms with E-state index in [2.05, 4.69) is 148 Å². The molecule has 2 nitrogen and oxygen atoms in total. The van der Waals surface area contributed by atoms with Gasteiger partial charge in [0.15, 0.2) is 0 Å². The van der Waals surface area contributed by atoms with Crippen molar-refractivity contribution in [3.8, 4) is 22.6 Å². The summed E-state index contributed by atoms with van der Waals surface area (Å²) in [6.45, 7) is 9.72. The van der Waals surface area contributed by atoms with Gasteiger partial charge in [0.05, 0.1) is 0 Å². The van der Waals surface area contributed by atoms with Gasteiger partial charge in [-0.05, 0) is 149 Å². The zero-order valence-corrected chi connectivity index (χ0v) is 29.9. The quantitative estimate of drug-likeness (QED) is 0.191. The van der Waals surface area contributed by atoms with Gasteiger partial charge in [0.2, 0.25) is 0 Å². The van der Waals surface area contributed by atoms with E-state index in [1.165, 1.54) is 89.0 Å². The number of nitrogens with zero attached hydrogens (tertiary/aromatic N) is 1. The SMILES string of the molecule is CC1(C)CCC(C)(C)c2cc(N(c3ccccc3)c3ccc4c(c3)C3(c5ccc(-c6ccccc6)cc5O4)C4CC5CC6CC3C64C5)ccc21. The smallest absolute Gasteiger partial charge is 0.132 e. The highest BCUT2D eigenvalue weighted by Gasteiger charge is 2.84. The zero-order chi connectivity index (χ0) is 33.6. The molecule has 2 spiro atoms. The van der Waals surface area contributed by atoms with E-state index in [1.54, 1.807) is 0 Å². The summed E-state index contributed by atoms with van der Waals surface area (Å²) in [4.78, 5) is 2.51. The molecule has 0 saturated heterocycles. The van der Waals surface area contributed by atoms with Crippen LogP contribution >= 0.6 is 0 Å². The van der Waals surface area contributed by atoms with Crippen LogP contribution in [0.15, 0.2) is 115 Å². The molecule has 6 aliphatic rings. The minimum absolute atomic E-state index is 0.0179. The Labute approximate surface area is 297 Å². The van der Waals surface area contributed by atoms with Gasteiger partial charge in [-0.3, -0.25) is 0 Å². The van der Waals surface area contributed by atoms with Crippen LogP contribution in [0.1, 0.15) is 88.5 Å². The summed E-state index contributed by atoms with van der Waals surface area (Å²) >= 11 is 0. The molecule has 0 radical (unpaired) electrons. The zero-order valence-electron chi connectivity index (χ0n) is 29.9. The van der Waals surface area contributed by atoms with Crippen molar-refractivity contribution in [1.29, 1.82) is 0 Å². The Morgan fingerprint density at radius 2 is 1.20 bits per heavy atom. The molecule has 4 saturated carbocycles. The standard InChI is InChI=1S/C48H47NO/c1-45(2)21-22-46(3,4)39-27-35(16-19-37(39)45)49(34-13-9-6-10-14-34)36-17-20-41-40(28-36)48(43-24-30-23-33-26-44(48)47(33,43)29-30)38-18-15-32(25-42(38)50-41)31-11-7-5-8-12-31/h5-20,25,27-28,30,33,43-44H,21-24,26,29H2,1-4H3. The Kier molecular flexibility index (Phi) is 5.72. The van der Waals surface area contributed by atoms with Gasteiger partial charge < -0.3 is 9.64 Å². The summed E-state index contributed by atoms with van der Waals surface area (Å²) in [7, 11) is 0. The highest BCUT2D eigenvalue weighted by atomic mass is 16.5. The summed E-state index contributed by atoms with van der Waals surface area (Å²) in [5.74, 6) is 5.38. The Morgan fingerprint density at radius 1 is 0.540 bits per heavy atom. The molecule has 0 amide bonds. The van der Waals surface area contributed by atoms with E-state index in [0.29, 0.717) is 17.3 Å². The van der Waals surface area contributed by atoms with E-state index in [1.807, 2.05) is 0 Å². The first-order chi connectivity index (χ1) is 24.2. The minimum atomic E-state index is 0.0179. The molecule has 5 aliphatic carbocycles. The van der Waals surface area contributed by atoms with Gasteiger partial charge in [0.25, 0.3) is 0 Å². The number of rotatable bonds is 4. The molecule has 0 aromatic heterocycles. The number of anilines is 3. The maximum absolute atomic E-state index is 7.01. The second-order valence-electron chi connectivity index (χ2n) is 18.1. The molecular formula is C48H47NO. The fraction of sp³-hybridized carbons (Fsp3) is 0.375. The summed E-state index contributed by atoms with van der Waals surface area (Å²) in [5, 5.41) is 0. The van der Waals surface area contributed by atoms with Crippen LogP contribution in [0.25, 0.3) is 11.1 Å². The van der Waals surface area contributed by atoms with Gasteiger partial charge >= 0.3 is 0 Å². The summed E-state index contributed by atoms with van der Waals surface area (Å²) in [6.07, 6.45) is 8.10. The van der Waals surface area contributed by atoms with Gasteiger partial charge in [-0.1, -0.05) is 94.4 Å². The third kappa shape index (κ3) is 3.60. The predicted molar refractivity (Wildman–Crippen MR) is 204 cm³/mol. The molecular weight excluding hydrogens is 607 g/mol. The summed E-state index contributed by atoms with van der Waals surface area (Å²) in [5.41, 5.74) is 12.9. The molecule has 11 rings (SSSR count). The first-order valence-corrected chi connectivity index (χ1v) is 19.2. The first kappa shape index (κ1) is 29.4. The van der Waals surface area contributed by atoms with Crippen molar-refractivity contribution in [2.24, 2.45) is 29.1 Å². The number of para-hydroxylation sites is 1. The van der Waals surface area contributed by atoms with Gasteiger partial charge in [-0.15, -0.1) is 0 Å². The lowest BCUT2D eigenvalue weighted by Gasteiger charge is -2.77. The molecule has 1 heterocycles. The maximum Gasteiger partial charge on any atom is 0.132 e. The topological polar surface area (TPSA) is 12.5 Å². The van der Waals surface area contributed by atoms with E-state index < -0.39 is 0 Å². The van der Waals surface area contributed by atoms with Gasteiger partial charge in [0, 0.05) is 33.6 Å². The highest BCUT2D eigenvalue weighted by Crippen LogP contribution is 2.89. The van der Waals surface area contributed by atoms with Crippen LogP contribution in [0, 0.1) is 29.1 Å². The van der Waals surface area contributed by atoms with Gasteiger partial charge in [-0.25, -0.2) is 0 Å². The van der Waals surface area contributed by atoms with Crippen LogP contribution < -0.4 is 9.64 Å². The number of fused-ring (bicyclic) bond motifs is 8. The fourth-order valence-corrected chi connectivity index (χ4v) is 12.8. The Hall–Kier alpha value is -4.30. The lowest BCUT2D eigenvalue weighted by atomic mass is 9.26. The van der Waals surface area contributed by atoms with E-state index in [9.17, 15) is 0 Å². The van der Waals surface area contributed by atoms with Crippen molar-refractivity contribution in [3.63, 3.8) is 0 Å². The van der Waals surface area contributed by atoms with Crippen LogP contribution in [0.4, 0.5) is 17.1 Å². The molecule has 5 aromatic rings. The summed E-state index contributed by atoms with van der Waals surface area (Å²) < 4.78 is 7.01. The second-order valence-corrected chi connectivity index (χ2v) is 18.1. The lowest BCUT2D eigenvalue weighted by Crippen LogP contribution is -2.74. The van der Waals surface area contributed by atoms with Crippen molar-refractivity contribution in [2.45, 2.75) is 82.5 Å². The molecule has 6 atom stereocenters. The van der Waals surface area contributed by atoms with Crippen molar-refractivity contribution in [2.75, 3.05) is 4.90 Å². The molecule has 2 heteroatoms. The number of ether oxygens (including phenoxy) is 1. The fourth-order valence-electron chi connectivity index (χ4n) is 12.8. The Bertz CT molecular complexity index is 2200. The van der Waals surface area contributed by atoms with Crippen molar-refractivity contribution >= 4 is 17.1 Å². The average molecular weight is 654 g/mol. The van der Waals surface area contributed by atoms with Crippen LogP contribution in [0.2, 0.25) is 0 Å². The third-order valence-corrected chi connectivity index (χ3v) is 15.0. The van der Waals surface area contributed by atoms with Gasteiger partial charge in [0.1, 0.15) is 11.5 Å². The van der Waals surface area contributed by atoms with E-state index >= 15 is 0 Å². The normalized spacial score (nSPS) is 31.0. The van der Waals surface area contributed by atoms with Crippen molar-refractivity contribution in [1.82, 2.24) is 0 Å². The average Bonchev–Trinajstić information content (AvgIpc) is 3.66. The largest absolute Gasteiger partial charge is 0.457 e. The number of hydrogen-bond acceptors (Lipinski definition) is 2. The lowest BCUT2D eigenvalue weighted by molar-refractivity contribution is -0.235. The summed E-state index contributed by atoms with van der Waals surface area (Å²) in [6, 6.07) is 43.5. The molecule has 50 heavy (non-hydrogen) atoms. The molecule has 5 aromatic carbocycles. The molecule has 6 unspecified atom stereocenters. The van der Waals surface area contributed by atoms with Crippen molar-refractivity contribution < 1.29 is 4.74 Å². The third-order valence-electron chi connectivity index (χ3n) is 15.0. The molecule has 250 valence electrons. The van der Waals surface area contributed by atoms with Crippen molar-refractivity contribution in [3.05, 3.63) is 138 Å².